The van der Waals surface area contributed by atoms with Gasteiger partial charge in [0, 0.05) is 13.1 Å². The lowest BCUT2D eigenvalue weighted by atomic mass is 10.1. The van der Waals surface area contributed by atoms with Crippen molar-refractivity contribution in [2.24, 2.45) is 0 Å². The van der Waals surface area contributed by atoms with Crippen LogP contribution >= 0.6 is 0 Å². The van der Waals surface area contributed by atoms with Crippen LogP contribution in [-0.2, 0) is 6.42 Å². The van der Waals surface area contributed by atoms with Crippen molar-refractivity contribution in [1.82, 2.24) is 0 Å². The van der Waals surface area contributed by atoms with Gasteiger partial charge in [-0.3, -0.25) is 9.59 Å². The summed E-state index contributed by atoms with van der Waals surface area (Å²) in [6, 6.07) is 5.71. The third-order valence-corrected chi connectivity index (χ3v) is 3.91. The molecule has 0 atom stereocenters. The Morgan fingerprint density at radius 2 is 1.54 bits per heavy atom. The average molecular weight is 332 g/mol. The van der Waals surface area contributed by atoms with E-state index in [1.807, 2.05) is 18.2 Å². The molecule has 130 valence electrons. The Bertz CT molecular complexity index is 748. The van der Waals surface area contributed by atoms with E-state index >= 15 is 0 Å². The Kier molecular flexibility index (Phi) is 6.23. The lowest BCUT2D eigenvalue weighted by Gasteiger charge is -2.15. The molecule has 24 heavy (non-hydrogen) atoms. The van der Waals surface area contributed by atoms with Crippen LogP contribution in [0.25, 0.3) is 0 Å². The smallest absolute Gasteiger partial charge is 0.253 e. The maximum absolute atomic E-state index is 11.7. The molecule has 0 aromatic heterocycles. The molecule has 2 N–H and O–H groups in total. The van der Waals surface area contributed by atoms with E-state index in [9.17, 15) is 9.59 Å². The predicted molar refractivity (Wildman–Crippen MR) is 96.5 cm³/mol. The van der Waals surface area contributed by atoms with Gasteiger partial charge in [-0.2, -0.15) is 0 Å². The first-order chi connectivity index (χ1) is 11.6. The van der Waals surface area contributed by atoms with E-state index in [-0.39, 0.29) is 0 Å². The Labute approximate surface area is 141 Å². The summed E-state index contributed by atoms with van der Waals surface area (Å²) < 4.78 is 10.5. The summed E-state index contributed by atoms with van der Waals surface area (Å²) in [5.74, 6) is 1.35. The van der Waals surface area contributed by atoms with E-state index in [2.05, 4.69) is 17.6 Å². The number of rotatable bonds is 10. The van der Waals surface area contributed by atoms with Gasteiger partial charge in [-0.25, -0.2) is 0 Å². The minimum absolute atomic E-state index is 0.400. The van der Waals surface area contributed by atoms with Gasteiger partial charge in [0.15, 0.2) is 11.5 Å². The van der Waals surface area contributed by atoms with Gasteiger partial charge < -0.3 is 20.1 Å². The van der Waals surface area contributed by atoms with Crippen LogP contribution < -0.4 is 31.0 Å². The lowest BCUT2D eigenvalue weighted by Crippen LogP contribution is -2.37. The summed E-state index contributed by atoms with van der Waals surface area (Å²) >= 11 is 0. The Morgan fingerprint density at radius 3 is 2.12 bits per heavy atom. The first kappa shape index (κ1) is 17.8. The molecule has 2 rings (SSSR count). The Morgan fingerprint density at radius 1 is 0.917 bits per heavy atom. The predicted octanol–water partition coefficient (Wildman–Crippen LogP) is 2.17. The minimum atomic E-state index is -0.443. The zero-order valence-electron chi connectivity index (χ0n) is 14.4. The van der Waals surface area contributed by atoms with Crippen LogP contribution in [0.5, 0.6) is 11.5 Å². The molecule has 6 nitrogen and oxygen atoms in total. The van der Waals surface area contributed by atoms with E-state index < -0.39 is 10.9 Å². The van der Waals surface area contributed by atoms with Crippen LogP contribution in [0.15, 0.2) is 27.8 Å². The van der Waals surface area contributed by atoms with E-state index in [1.54, 1.807) is 14.2 Å². The third kappa shape index (κ3) is 3.88. The molecule has 0 radical (unpaired) electrons. The number of nitrogens with one attached hydrogen (secondary N) is 2. The van der Waals surface area contributed by atoms with Crippen LogP contribution in [0.2, 0.25) is 0 Å². The number of unbranched alkanes of at least 4 members (excludes halogenated alkanes) is 1. The molecule has 0 saturated carbocycles. The summed E-state index contributed by atoms with van der Waals surface area (Å²) in [4.78, 5) is 23.3. The van der Waals surface area contributed by atoms with Crippen molar-refractivity contribution < 1.29 is 9.47 Å². The second kappa shape index (κ2) is 8.38. The third-order valence-electron chi connectivity index (χ3n) is 3.91. The van der Waals surface area contributed by atoms with E-state index in [0.29, 0.717) is 42.4 Å². The quantitative estimate of drug-likeness (QED) is 0.513. The van der Waals surface area contributed by atoms with E-state index in [4.69, 9.17) is 9.47 Å². The number of hydrogen-bond donors (Lipinski definition) is 2. The number of hydrogen-bond acceptors (Lipinski definition) is 6. The van der Waals surface area contributed by atoms with Gasteiger partial charge in [0.2, 0.25) is 0 Å². The fraction of sp³-hybridized carbons (Fsp3) is 0.444. The zero-order chi connectivity index (χ0) is 17.5. The van der Waals surface area contributed by atoms with Gasteiger partial charge in [-0.1, -0.05) is 19.4 Å². The van der Waals surface area contributed by atoms with Crippen molar-refractivity contribution in [3.8, 4) is 11.5 Å². The molecule has 2 aromatic carbocycles. The van der Waals surface area contributed by atoms with Crippen LogP contribution in [0.1, 0.15) is 25.3 Å². The van der Waals surface area contributed by atoms with Crippen molar-refractivity contribution in [1.29, 1.82) is 0 Å². The highest BCUT2D eigenvalue weighted by Crippen LogP contribution is 2.27. The first-order valence-electron chi connectivity index (χ1n) is 8.14. The molecule has 0 aliphatic heterocycles. The number of methoxy groups -OCH3 is 2. The molecule has 0 aliphatic carbocycles. The average Bonchev–Trinajstić information content (AvgIpc) is 2.62. The molecule has 0 amide bonds. The molecule has 0 spiro atoms. The highest BCUT2D eigenvalue weighted by atomic mass is 16.5. The Hall–Kier alpha value is -2.50. The molecular weight excluding hydrogens is 308 g/mol. The highest BCUT2D eigenvalue weighted by molar-refractivity contribution is 5.73. The molecule has 6 heteroatoms. The largest absolute Gasteiger partial charge is 0.493 e. The van der Waals surface area contributed by atoms with Crippen molar-refractivity contribution in [2.75, 3.05) is 37.9 Å². The number of ether oxygens (including phenoxy) is 2. The van der Waals surface area contributed by atoms with Crippen LogP contribution in [-0.4, -0.2) is 27.3 Å². The molecule has 0 aliphatic rings. The van der Waals surface area contributed by atoms with E-state index in [1.165, 1.54) is 0 Å². The standard InChI is InChI=1S/C18H24N2O4/c1-4-5-9-19-15-16(18(22)17(15)21)20-10-8-12-6-7-13(23-2)14(11-12)24-3/h6-7,11,19-20H,4-5,8-10H2,1-3H3. The normalized spacial score (nSPS) is 10.6. The second-order valence-electron chi connectivity index (χ2n) is 5.55. The summed E-state index contributed by atoms with van der Waals surface area (Å²) in [7, 11) is 3.19. The van der Waals surface area contributed by atoms with Gasteiger partial charge in [0.25, 0.3) is 10.9 Å². The lowest BCUT2D eigenvalue weighted by molar-refractivity contribution is 0.354. The molecule has 0 bridgehead atoms. The summed E-state index contributed by atoms with van der Waals surface area (Å²) in [6.45, 7) is 3.33. The van der Waals surface area contributed by atoms with Gasteiger partial charge in [0.1, 0.15) is 11.4 Å². The van der Waals surface area contributed by atoms with Gasteiger partial charge in [0.05, 0.1) is 14.2 Å². The fourth-order valence-electron chi connectivity index (χ4n) is 2.49. The summed E-state index contributed by atoms with van der Waals surface area (Å²) in [5.41, 5.74) is 0.998. The molecule has 0 heterocycles. The van der Waals surface area contributed by atoms with Crippen LogP contribution in [0, 0.1) is 0 Å². The van der Waals surface area contributed by atoms with Crippen molar-refractivity contribution in [2.45, 2.75) is 26.2 Å². The monoisotopic (exact) mass is 332 g/mol. The minimum Gasteiger partial charge on any atom is -0.493 e. The van der Waals surface area contributed by atoms with Crippen molar-refractivity contribution in [3.05, 3.63) is 44.2 Å². The second-order valence-corrected chi connectivity index (χ2v) is 5.55. The maximum atomic E-state index is 11.7. The van der Waals surface area contributed by atoms with Crippen LogP contribution in [0.4, 0.5) is 11.4 Å². The molecule has 0 saturated heterocycles. The SMILES string of the molecule is CCCCNc1c(NCCc2ccc(OC)c(OC)c2)c(=O)c1=O. The number of benzene rings is 1. The van der Waals surface area contributed by atoms with Crippen molar-refractivity contribution in [3.63, 3.8) is 0 Å². The van der Waals surface area contributed by atoms with Gasteiger partial charge in [-0.05, 0) is 30.5 Å². The maximum Gasteiger partial charge on any atom is 0.253 e. The van der Waals surface area contributed by atoms with Gasteiger partial charge >= 0.3 is 0 Å². The highest BCUT2D eigenvalue weighted by Gasteiger charge is 2.19. The van der Waals surface area contributed by atoms with Crippen molar-refractivity contribution >= 4 is 11.4 Å². The van der Waals surface area contributed by atoms with Crippen LogP contribution in [0.3, 0.4) is 0 Å². The van der Waals surface area contributed by atoms with Gasteiger partial charge in [-0.15, -0.1) is 0 Å². The summed E-state index contributed by atoms with van der Waals surface area (Å²) in [5, 5.41) is 6.11. The van der Waals surface area contributed by atoms with E-state index in [0.717, 1.165) is 18.4 Å². The molecular formula is C18H24N2O4. The Balaban J connectivity index is 1.94. The fourth-order valence-corrected chi connectivity index (χ4v) is 2.49. The molecule has 0 unspecified atom stereocenters. The number of anilines is 2. The summed E-state index contributed by atoms with van der Waals surface area (Å²) in [6.07, 6.45) is 2.70. The first-order valence-corrected chi connectivity index (χ1v) is 8.14. The topological polar surface area (TPSA) is 76.7 Å². The molecule has 2 aromatic rings. The zero-order valence-corrected chi connectivity index (χ0v) is 14.4. The molecule has 0 fully saturated rings.